The maximum absolute atomic E-state index is 12.6. The standard InChI is InChI=1S/C16H20BrN3O2.ClH/c1-11-8-13(2-3-14(11)17)20-10-12(9-15(20)21)16(22)19-6-4-18-5-7-19;/h2-3,8,12,18H,4-7,9-10H2,1H3;1H. The third kappa shape index (κ3) is 3.87. The van der Waals surface area contributed by atoms with Crippen molar-refractivity contribution >= 4 is 45.8 Å². The van der Waals surface area contributed by atoms with Crippen LogP contribution in [0.15, 0.2) is 22.7 Å². The molecule has 0 radical (unpaired) electrons. The van der Waals surface area contributed by atoms with Crippen molar-refractivity contribution in [1.82, 2.24) is 10.2 Å². The SMILES string of the molecule is Cc1cc(N2CC(C(=O)N3CCNCC3)CC2=O)ccc1Br.Cl. The van der Waals surface area contributed by atoms with Gasteiger partial charge in [-0.3, -0.25) is 9.59 Å². The smallest absolute Gasteiger partial charge is 0.228 e. The molecule has 1 aromatic carbocycles. The highest BCUT2D eigenvalue weighted by atomic mass is 79.9. The first-order valence-electron chi connectivity index (χ1n) is 7.62. The Bertz CT molecular complexity index is 605. The van der Waals surface area contributed by atoms with Gasteiger partial charge < -0.3 is 15.1 Å². The first kappa shape index (κ1) is 18.2. The molecule has 2 aliphatic rings. The molecule has 0 spiro atoms. The Balaban J connectivity index is 0.00000192. The molecule has 2 saturated heterocycles. The molecule has 0 saturated carbocycles. The summed E-state index contributed by atoms with van der Waals surface area (Å²) in [4.78, 5) is 28.5. The lowest BCUT2D eigenvalue weighted by Gasteiger charge is -2.29. The van der Waals surface area contributed by atoms with Gasteiger partial charge in [0.15, 0.2) is 0 Å². The molecule has 1 N–H and O–H groups in total. The summed E-state index contributed by atoms with van der Waals surface area (Å²) >= 11 is 3.47. The van der Waals surface area contributed by atoms with E-state index in [2.05, 4.69) is 21.2 Å². The molecular formula is C16H21BrClN3O2. The first-order valence-corrected chi connectivity index (χ1v) is 8.41. The summed E-state index contributed by atoms with van der Waals surface area (Å²) in [6.07, 6.45) is 0.317. The summed E-state index contributed by atoms with van der Waals surface area (Å²) in [5.41, 5.74) is 1.96. The van der Waals surface area contributed by atoms with Crippen LogP contribution in [-0.4, -0.2) is 49.4 Å². The highest BCUT2D eigenvalue weighted by Gasteiger charge is 2.37. The van der Waals surface area contributed by atoms with Crippen LogP contribution in [-0.2, 0) is 9.59 Å². The van der Waals surface area contributed by atoms with E-state index >= 15 is 0 Å². The predicted octanol–water partition coefficient (Wildman–Crippen LogP) is 1.96. The van der Waals surface area contributed by atoms with Crippen LogP contribution >= 0.6 is 28.3 Å². The van der Waals surface area contributed by atoms with E-state index in [1.807, 2.05) is 30.0 Å². The van der Waals surface area contributed by atoms with Gasteiger partial charge in [0.25, 0.3) is 0 Å². The van der Waals surface area contributed by atoms with Crippen LogP contribution in [0.1, 0.15) is 12.0 Å². The quantitative estimate of drug-likeness (QED) is 0.823. The third-order valence-corrected chi connectivity index (χ3v) is 5.25. The number of carbonyl (C=O) groups excluding carboxylic acids is 2. The number of amides is 2. The zero-order chi connectivity index (χ0) is 15.7. The zero-order valence-corrected chi connectivity index (χ0v) is 15.5. The largest absolute Gasteiger partial charge is 0.340 e. The fourth-order valence-electron chi connectivity index (χ4n) is 3.06. The summed E-state index contributed by atoms with van der Waals surface area (Å²) in [6.45, 7) is 5.63. The van der Waals surface area contributed by atoms with E-state index in [9.17, 15) is 9.59 Å². The Morgan fingerprint density at radius 3 is 2.65 bits per heavy atom. The minimum atomic E-state index is -0.213. The molecule has 2 fully saturated rings. The highest BCUT2D eigenvalue weighted by molar-refractivity contribution is 9.10. The number of hydrogen-bond donors (Lipinski definition) is 1. The lowest BCUT2D eigenvalue weighted by atomic mass is 10.1. The third-order valence-electron chi connectivity index (χ3n) is 4.36. The monoisotopic (exact) mass is 401 g/mol. The van der Waals surface area contributed by atoms with Crippen molar-refractivity contribution in [3.63, 3.8) is 0 Å². The molecule has 23 heavy (non-hydrogen) atoms. The van der Waals surface area contributed by atoms with Gasteiger partial charge in [-0.05, 0) is 30.7 Å². The van der Waals surface area contributed by atoms with Gasteiger partial charge in [-0.15, -0.1) is 12.4 Å². The molecule has 0 aliphatic carbocycles. The average Bonchev–Trinajstić information content (AvgIpc) is 2.92. The van der Waals surface area contributed by atoms with Crippen LogP contribution in [0.3, 0.4) is 0 Å². The summed E-state index contributed by atoms with van der Waals surface area (Å²) < 4.78 is 1.02. The van der Waals surface area contributed by atoms with Gasteiger partial charge in [0.2, 0.25) is 11.8 Å². The van der Waals surface area contributed by atoms with Crippen molar-refractivity contribution < 1.29 is 9.59 Å². The van der Waals surface area contributed by atoms with Crippen molar-refractivity contribution in [2.24, 2.45) is 5.92 Å². The summed E-state index contributed by atoms with van der Waals surface area (Å²) in [5, 5.41) is 3.24. The minimum absolute atomic E-state index is 0. The average molecular weight is 403 g/mol. The van der Waals surface area contributed by atoms with Gasteiger partial charge in [0.1, 0.15) is 0 Å². The molecule has 5 nitrogen and oxygen atoms in total. The van der Waals surface area contributed by atoms with Crippen molar-refractivity contribution in [3.05, 3.63) is 28.2 Å². The molecular weight excluding hydrogens is 382 g/mol. The van der Waals surface area contributed by atoms with E-state index < -0.39 is 0 Å². The maximum Gasteiger partial charge on any atom is 0.228 e. The van der Waals surface area contributed by atoms with Crippen LogP contribution in [0.2, 0.25) is 0 Å². The summed E-state index contributed by atoms with van der Waals surface area (Å²) in [7, 11) is 0. The second-order valence-corrected chi connectivity index (χ2v) is 6.77. The number of nitrogens with zero attached hydrogens (tertiary/aromatic N) is 2. The molecule has 7 heteroatoms. The van der Waals surface area contributed by atoms with E-state index in [1.54, 1.807) is 4.90 Å². The Hall–Kier alpha value is -1.11. The Morgan fingerprint density at radius 1 is 1.30 bits per heavy atom. The molecule has 3 rings (SSSR count). The number of halogens is 2. The van der Waals surface area contributed by atoms with Crippen molar-refractivity contribution in [2.75, 3.05) is 37.6 Å². The Morgan fingerprint density at radius 2 is 2.00 bits per heavy atom. The number of anilines is 1. The molecule has 1 unspecified atom stereocenters. The Kier molecular flexibility index (Phi) is 6.06. The summed E-state index contributed by atoms with van der Waals surface area (Å²) in [5.74, 6) is -0.0593. The second kappa shape index (κ2) is 7.64. The van der Waals surface area contributed by atoms with Crippen LogP contribution in [0, 0.1) is 12.8 Å². The zero-order valence-electron chi connectivity index (χ0n) is 13.0. The predicted molar refractivity (Wildman–Crippen MR) is 96.0 cm³/mol. The van der Waals surface area contributed by atoms with Gasteiger partial charge in [-0.1, -0.05) is 15.9 Å². The van der Waals surface area contributed by atoms with E-state index in [1.165, 1.54) is 0 Å². The van der Waals surface area contributed by atoms with E-state index in [4.69, 9.17) is 0 Å². The van der Waals surface area contributed by atoms with E-state index in [0.717, 1.165) is 41.9 Å². The number of aryl methyl sites for hydroxylation is 1. The van der Waals surface area contributed by atoms with Gasteiger partial charge >= 0.3 is 0 Å². The lowest BCUT2D eigenvalue weighted by molar-refractivity contribution is -0.136. The number of nitrogens with one attached hydrogen (secondary N) is 1. The number of hydrogen-bond acceptors (Lipinski definition) is 3. The van der Waals surface area contributed by atoms with Crippen molar-refractivity contribution in [2.45, 2.75) is 13.3 Å². The molecule has 126 valence electrons. The Labute approximate surface area is 150 Å². The maximum atomic E-state index is 12.6. The highest BCUT2D eigenvalue weighted by Crippen LogP contribution is 2.29. The van der Waals surface area contributed by atoms with Crippen molar-refractivity contribution in [1.29, 1.82) is 0 Å². The normalized spacial score (nSPS) is 21.3. The summed E-state index contributed by atoms with van der Waals surface area (Å²) in [6, 6.07) is 5.86. The molecule has 2 amide bonds. The van der Waals surface area contributed by atoms with Gasteiger partial charge in [0.05, 0.1) is 5.92 Å². The van der Waals surface area contributed by atoms with E-state index in [0.29, 0.717) is 13.0 Å². The van der Waals surface area contributed by atoms with Crippen LogP contribution < -0.4 is 10.2 Å². The van der Waals surface area contributed by atoms with Crippen LogP contribution in [0.25, 0.3) is 0 Å². The fraction of sp³-hybridized carbons (Fsp3) is 0.500. The van der Waals surface area contributed by atoms with Gasteiger partial charge in [-0.2, -0.15) is 0 Å². The van der Waals surface area contributed by atoms with Gasteiger partial charge in [-0.25, -0.2) is 0 Å². The molecule has 1 atom stereocenters. The number of piperazine rings is 1. The molecule has 0 bridgehead atoms. The fourth-order valence-corrected chi connectivity index (χ4v) is 3.31. The van der Waals surface area contributed by atoms with Crippen molar-refractivity contribution in [3.8, 4) is 0 Å². The first-order chi connectivity index (χ1) is 10.6. The topological polar surface area (TPSA) is 52.7 Å². The molecule has 2 heterocycles. The minimum Gasteiger partial charge on any atom is -0.340 e. The number of carbonyl (C=O) groups is 2. The van der Waals surface area contributed by atoms with Crippen LogP contribution in [0.4, 0.5) is 5.69 Å². The molecule has 2 aliphatic heterocycles. The number of rotatable bonds is 2. The number of benzene rings is 1. The van der Waals surface area contributed by atoms with E-state index in [-0.39, 0.29) is 30.1 Å². The second-order valence-electron chi connectivity index (χ2n) is 5.91. The van der Waals surface area contributed by atoms with Gasteiger partial charge in [0, 0.05) is 49.3 Å². The molecule has 1 aromatic rings. The molecule has 0 aromatic heterocycles. The lowest BCUT2D eigenvalue weighted by Crippen LogP contribution is -2.48. The van der Waals surface area contributed by atoms with Crippen LogP contribution in [0.5, 0.6) is 0 Å².